The quantitative estimate of drug-likeness (QED) is 0.920. The molecule has 1 aliphatic heterocycles. The van der Waals surface area contributed by atoms with Crippen molar-refractivity contribution >= 4 is 23.3 Å². The predicted octanol–water partition coefficient (Wildman–Crippen LogP) is 2.93. The Labute approximate surface area is 117 Å². The molecule has 3 nitrogen and oxygen atoms in total. The van der Waals surface area contributed by atoms with Gasteiger partial charge in [-0.15, -0.1) is 12.4 Å². The van der Waals surface area contributed by atoms with E-state index >= 15 is 0 Å². The Kier molecular flexibility index (Phi) is 4.56. The van der Waals surface area contributed by atoms with E-state index in [0.29, 0.717) is 5.52 Å². The number of hydrogen-bond acceptors (Lipinski definition) is 3. The van der Waals surface area contributed by atoms with Gasteiger partial charge in [-0.25, -0.2) is 4.39 Å². The lowest BCUT2D eigenvalue weighted by atomic mass is 10.1. The highest BCUT2D eigenvalue weighted by Gasteiger charge is 2.16. The van der Waals surface area contributed by atoms with Gasteiger partial charge in [0.1, 0.15) is 23.2 Å². The maximum atomic E-state index is 13.6. The highest BCUT2D eigenvalue weighted by Crippen LogP contribution is 2.27. The third-order valence-corrected chi connectivity index (χ3v) is 3.26. The molecule has 1 N–H and O–H groups in total. The molecule has 0 bridgehead atoms. The summed E-state index contributed by atoms with van der Waals surface area (Å²) in [4.78, 5) is 4.07. The number of halogens is 2. The van der Waals surface area contributed by atoms with Crippen molar-refractivity contribution in [2.45, 2.75) is 18.9 Å². The smallest absolute Gasteiger partial charge is 0.149 e. The molecule has 102 valence electrons. The lowest BCUT2D eigenvalue weighted by Gasteiger charge is -2.24. The Morgan fingerprint density at radius 1 is 1.21 bits per heavy atom. The number of nitrogens with zero attached hydrogens (tertiary/aromatic N) is 1. The predicted molar refractivity (Wildman–Crippen MR) is 75.5 cm³/mol. The number of rotatable bonds is 2. The van der Waals surface area contributed by atoms with Crippen molar-refractivity contribution in [1.29, 1.82) is 0 Å². The van der Waals surface area contributed by atoms with E-state index in [1.807, 2.05) is 12.1 Å². The zero-order chi connectivity index (χ0) is 12.4. The summed E-state index contributed by atoms with van der Waals surface area (Å²) in [5.41, 5.74) is 0.379. The lowest BCUT2D eigenvalue weighted by Crippen LogP contribution is -2.34. The maximum absolute atomic E-state index is 13.6. The Morgan fingerprint density at radius 2 is 2.00 bits per heavy atom. The first-order valence-corrected chi connectivity index (χ1v) is 6.25. The molecule has 0 saturated carbocycles. The number of pyridine rings is 1. The zero-order valence-electron chi connectivity index (χ0n) is 10.4. The van der Waals surface area contributed by atoms with Gasteiger partial charge in [0, 0.05) is 11.6 Å². The van der Waals surface area contributed by atoms with Crippen molar-refractivity contribution in [3.63, 3.8) is 0 Å². The van der Waals surface area contributed by atoms with Gasteiger partial charge in [0.15, 0.2) is 0 Å². The van der Waals surface area contributed by atoms with Crippen LogP contribution >= 0.6 is 12.4 Å². The van der Waals surface area contributed by atoms with Crippen LogP contribution in [0.4, 0.5) is 4.39 Å². The maximum Gasteiger partial charge on any atom is 0.149 e. The Morgan fingerprint density at radius 3 is 2.79 bits per heavy atom. The molecule has 1 fully saturated rings. The summed E-state index contributed by atoms with van der Waals surface area (Å²) in [7, 11) is 0. The molecule has 1 aliphatic rings. The topological polar surface area (TPSA) is 34.1 Å². The fourth-order valence-electron chi connectivity index (χ4n) is 2.31. The van der Waals surface area contributed by atoms with Crippen LogP contribution in [-0.2, 0) is 0 Å². The van der Waals surface area contributed by atoms with Gasteiger partial charge in [-0.1, -0.05) is 6.07 Å². The Bertz CT molecular complexity index is 558. The Hall–Kier alpha value is -1.39. The van der Waals surface area contributed by atoms with E-state index in [0.717, 1.165) is 37.1 Å². The number of ether oxygens (including phenoxy) is 1. The first-order chi connectivity index (χ1) is 8.84. The fourth-order valence-corrected chi connectivity index (χ4v) is 2.31. The molecule has 2 heterocycles. The van der Waals surface area contributed by atoms with E-state index in [9.17, 15) is 4.39 Å². The van der Waals surface area contributed by atoms with Gasteiger partial charge >= 0.3 is 0 Å². The second kappa shape index (κ2) is 6.17. The van der Waals surface area contributed by atoms with Crippen LogP contribution in [-0.4, -0.2) is 24.2 Å². The summed E-state index contributed by atoms with van der Waals surface area (Å²) in [6.07, 6.45) is 3.78. The summed E-state index contributed by atoms with van der Waals surface area (Å²) in [5, 5.41) is 4.04. The average molecular weight is 283 g/mol. The van der Waals surface area contributed by atoms with Crippen LogP contribution in [0, 0.1) is 5.82 Å². The van der Waals surface area contributed by atoms with E-state index in [4.69, 9.17) is 4.74 Å². The van der Waals surface area contributed by atoms with Gasteiger partial charge in [0.2, 0.25) is 0 Å². The summed E-state index contributed by atoms with van der Waals surface area (Å²) < 4.78 is 19.6. The summed E-state index contributed by atoms with van der Waals surface area (Å²) in [5.74, 6) is 0.426. The van der Waals surface area contributed by atoms with E-state index in [1.54, 1.807) is 12.3 Å². The summed E-state index contributed by atoms with van der Waals surface area (Å²) in [6.45, 7) is 1.95. The van der Waals surface area contributed by atoms with Crippen molar-refractivity contribution < 1.29 is 9.13 Å². The molecular formula is C14H16ClFN2O. The number of para-hydroxylation sites is 1. The molecule has 0 radical (unpaired) electrons. The molecule has 0 aliphatic carbocycles. The summed E-state index contributed by atoms with van der Waals surface area (Å²) in [6, 6.07) is 6.77. The second-order valence-corrected chi connectivity index (χ2v) is 4.51. The van der Waals surface area contributed by atoms with Gasteiger partial charge in [-0.05, 0) is 44.1 Å². The van der Waals surface area contributed by atoms with E-state index in [2.05, 4.69) is 10.3 Å². The highest BCUT2D eigenvalue weighted by molar-refractivity contribution is 5.85. The second-order valence-electron chi connectivity index (χ2n) is 4.51. The monoisotopic (exact) mass is 282 g/mol. The SMILES string of the molecule is Cl.Fc1cccc2c(OC3CCNCC3)ccnc12. The molecule has 0 spiro atoms. The van der Waals surface area contributed by atoms with Crippen LogP contribution in [0.5, 0.6) is 5.75 Å². The van der Waals surface area contributed by atoms with Gasteiger partial charge in [-0.3, -0.25) is 4.98 Å². The zero-order valence-corrected chi connectivity index (χ0v) is 11.3. The minimum absolute atomic E-state index is 0. The molecule has 5 heteroatoms. The molecular weight excluding hydrogens is 267 g/mol. The highest BCUT2D eigenvalue weighted by atomic mass is 35.5. The average Bonchev–Trinajstić information content (AvgIpc) is 2.41. The number of piperidine rings is 1. The minimum atomic E-state index is -0.303. The molecule has 0 amide bonds. The molecule has 1 aromatic carbocycles. The van der Waals surface area contributed by atoms with Crippen LogP contribution in [0.3, 0.4) is 0 Å². The van der Waals surface area contributed by atoms with Crippen molar-refractivity contribution in [2.24, 2.45) is 0 Å². The number of hydrogen-bond donors (Lipinski definition) is 1. The van der Waals surface area contributed by atoms with E-state index < -0.39 is 0 Å². The van der Waals surface area contributed by atoms with Crippen molar-refractivity contribution in [2.75, 3.05) is 13.1 Å². The first kappa shape index (κ1) is 14.0. The molecule has 19 heavy (non-hydrogen) atoms. The fraction of sp³-hybridized carbons (Fsp3) is 0.357. The number of nitrogens with one attached hydrogen (secondary N) is 1. The largest absolute Gasteiger partial charge is 0.490 e. The van der Waals surface area contributed by atoms with Crippen molar-refractivity contribution in [3.05, 3.63) is 36.3 Å². The van der Waals surface area contributed by atoms with Crippen LogP contribution in [0.1, 0.15) is 12.8 Å². The molecule has 2 aromatic rings. The molecule has 0 atom stereocenters. The van der Waals surface area contributed by atoms with Crippen LogP contribution < -0.4 is 10.1 Å². The third-order valence-electron chi connectivity index (χ3n) is 3.26. The number of fused-ring (bicyclic) bond motifs is 1. The standard InChI is InChI=1S/C14H15FN2O.ClH/c15-12-3-1-2-11-13(6-9-17-14(11)12)18-10-4-7-16-8-5-10;/h1-3,6,9-10,16H,4-5,7-8H2;1H. The first-order valence-electron chi connectivity index (χ1n) is 6.25. The van der Waals surface area contributed by atoms with Crippen LogP contribution in [0.15, 0.2) is 30.5 Å². The van der Waals surface area contributed by atoms with Gasteiger partial charge < -0.3 is 10.1 Å². The van der Waals surface area contributed by atoms with Crippen molar-refractivity contribution in [1.82, 2.24) is 10.3 Å². The lowest BCUT2D eigenvalue weighted by molar-refractivity contribution is 0.164. The van der Waals surface area contributed by atoms with E-state index in [-0.39, 0.29) is 24.3 Å². The van der Waals surface area contributed by atoms with Crippen LogP contribution in [0.2, 0.25) is 0 Å². The summed E-state index contributed by atoms with van der Waals surface area (Å²) >= 11 is 0. The molecule has 0 unspecified atom stereocenters. The van der Waals surface area contributed by atoms with Gasteiger partial charge in [0.25, 0.3) is 0 Å². The Balaban J connectivity index is 0.00000133. The number of benzene rings is 1. The molecule has 1 aromatic heterocycles. The minimum Gasteiger partial charge on any atom is -0.490 e. The van der Waals surface area contributed by atoms with Crippen LogP contribution in [0.25, 0.3) is 10.9 Å². The van der Waals surface area contributed by atoms with E-state index in [1.165, 1.54) is 6.07 Å². The van der Waals surface area contributed by atoms with Crippen molar-refractivity contribution in [3.8, 4) is 5.75 Å². The number of aromatic nitrogens is 1. The van der Waals surface area contributed by atoms with Gasteiger partial charge in [0.05, 0.1) is 0 Å². The normalized spacial score (nSPS) is 16.1. The van der Waals surface area contributed by atoms with Gasteiger partial charge in [-0.2, -0.15) is 0 Å². The molecule has 3 rings (SSSR count). The molecule has 1 saturated heterocycles. The third kappa shape index (κ3) is 2.96.